The Morgan fingerprint density at radius 1 is 1.52 bits per heavy atom. The standard InChI is InChI=1S/C15H22ClN3O2S2/c1-17-14(20)12-8-10(9-19(12)5-3-6-22-2)18-15(21)13-11(16)4-7-23-13/h4,7,10,12H,3,5-6,8-9H2,1-2H3,(H,17,20)(H,18,21)/t10-,12+/m1/s1. The van der Waals surface area contributed by atoms with Crippen LogP contribution < -0.4 is 10.6 Å². The summed E-state index contributed by atoms with van der Waals surface area (Å²) in [6, 6.07) is 1.51. The van der Waals surface area contributed by atoms with Crippen LogP contribution in [0.15, 0.2) is 11.4 Å². The molecule has 1 saturated heterocycles. The van der Waals surface area contributed by atoms with E-state index in [4.69, 9.17) is 11.6 Å². The van der Waals surface area contributed by atoms with Crippen molar-refractivity contribution in [3.63, 3.8) is 0 Å². The maximum atomic E-state index is 12.3. The quantitative estimate of drug-likeness (QED) is 0.716. The summed E-state index contributed by atoms with van der Waals surface area (Å²) in [7, 11) is 1.65. The van der Waals surface area contributed by atoms with E-state index >= 15 is 0 Å². The van der Waals surface area contributed by atoms with Crippen LogP contribution in [0, 0.1) is 0 Å². The Hall–Kier alpha value is -0.760. The molecule has 2 atom stereocenters. The number of hydrogen-bond acceptors (Lipinski definition) is 5. The van der Waals surface area contributed by atoms with E-state index in [0.29, 0.717) is 22.9 Å². The fraction of sp³-hybridized carbons (Fsp3) is 0.600. The van der Waals surface area contributed by atoms with Gasteiger partial charge in [0.25, 0.3) is 5.91 Å². The average molecular weight is 376 g/mol. The van der Waals surface area contributed by atoms with Crippen molar-refractivity contribution < 1.29 is 9.59 Å². The Bertz CT molecular complexity index is 553. The molecule has 1 aromatic heterocycles. The third-order valence-corrected chi connectivity index (χ3v) is 5.94. The summed E-state index contributed by atoms with van der Waals surface area (Å²) in [6.45, 7) is 1.56. The first kappa shape index (κ1) is 18.6. The van der Waals surface area contributed by atoms with Crippen LogP contribution >= 0.6 is 34.7 Å². The van der Waals surface area contributed by atoms with E-state index in [2.05, 4.69) is 21.8 Å². The lowest BCUT2D eigenvalue weighted by Crippen LogP contribution is -2.42. The maximum absolute atomic E-state index is 12.3. The second kappa shape index (κ2) is 8.92. The second-order valence-electron chi connectivity index (χ2n) is 5.48. The van der Waals surface area contributed by atoms with Gasteiger partial charge in [-0.1, -0.05) is 11.6 Å². The first-order valence-corrected chi connectivity index (χ1v) is 10.2. The molecule has 0 saturated carbocycles. The first-order chi connectivity index (χ1) is 11.1. The molecule has 0 unspecified atom stereocenters. The zero-order valence-electron chi connectivity index (χ0n) is 13.3. The van der Waals surface area contributed by atoms with Crippen LogP contribution in [-0.4, -0.2) is 60.9 Å². The third-order valence-electron chi connectivity index (χ3n) is 3.90. The molecule has 128 valence electrons. The topological polar surface area (TPSA) is 61.4 Å². The minimum absolute atomic E-state index is 0.0139. The Balaban J connectivity index is 1.96. The van der Waals surface area contributed by atoms with Crippen molar-refractivity contribution in [1.29, 1.82) is 0 Å². The number of rotatable bonds is 7. The number of amides is 2. The highest BCUT2D eigenvalue weighted by molar-refractivity contribution is 7.98. The fourth-order valence-corrected chi connectivity index (χ4v) is 4.27. The van der Waals surface area contributed by atoms with Crippen molar-refractivity contribution in [2.45, 2.75) is 24.9 Å². The van der Waals surface area contributed by atoms with Gasteiger partial charge < -0.3 is 10.6 Å². The first-order valence-electron chi connectivity index (χ1n) is 7.55. The van der Waals surface area contributed by atoms with Crippen LogP contribution in [-0.2, 0) is 4.79 Å². The number of nitrogens with zero attached hydrogens (tertiary/aromatic N) is 1. The number of carbonyl (C=O) groups is 2. The number of thiophene rings is 1. The largest absolute Gasteiger partial charge is 0.358 e. The molecule has 0 aromatic carbocycles. The summed E-state index contributed by atoms with van der Waals surface area (Å²) in [4.78, 5) is 27.1. The molecular formula is C15H22ClN3O2S2. The highest BCUT2D eigenvalue weighted by Gasteiger charge is 2.36. The molecule has 1 aliphatic heterocycles. The van der Waals surface area contributed by atoms with Gasteiger partial charge in [-0.25, -0.2) is 0 Å². The zero-order valence-corrected chi connectivity index (χ0v) is 15.7. The van der Waals surface area contributed by atoms with Crippen molar-refractivity contribution in [2.24, 2.45) is 0 Å². The molecule has 2 amide bonds. The molecule has 8 heteroatoms. The normalized spacial score (nSPS) is 21.3. The molecule has 2 rings (SSSR count). The molecule has 0 radical (unpaired) electrons. The van der Waals surface area contributed by atoms with E-state index in [9.17, 15) is 9.59 Å². The molecule has 1 aliphatic rings. The molecule has 0 spiro atoms. The molecule has 0 aliphatic carbocycles. The number of nitrogens with one attached hydrogen (secondary N) is 2. The minimum Gasteiger partial charge on any atom is -0.358 e. The van der Waals surface area contributed by atoms with Crippen LogP contribution in [0.5, 0.6) is 0 Å². The summed E-state index contributed by atoms with van der Waals surface area (Å²) in [5.41, 5.74) is 0. The fourth-order valence-electron chi connectivity index (χ4n) is 2.81. The van der Waals surface area contributed by atoms with Gasteiger partial charge in [0.1, 0.15) is 4.88 Å². The average Bonchev–Trinajstić information content (AvgIpc) is 3.13. The van der Waals surface area contributed by atoms with E-state index < -0.39 is 0 Å². The molecule has 23 heavy (non-hydrogen) atoms. The van der Waals surface area contributed by atoms with E-state index in [0.717, 1.165) is 18.7 Å². The monoisotopic (exact) mass is 375 g/mol. The lowest BCUT2D eigenvalue weighted by molar-refractivity contribution is -0.124. The summed E-state index contributed by atoms with van der Waals surface area (Å²) in [5, 5.41) is 8.01. The smallest absolute Gasteiger partial charge is 0.263 e. The van der Waals surface area contributed by atoms with Crippen molar-refractivity contribution in [2.75, 3.05) is 32.1 Å². The van der Waals surface area contributed by atoms with Gasteiger partial charge in [-0.3, -0.25) is 14.5 Å². The molecule has 2 N–H and O–H groups in total. The van der Waals surface area contributed by atoms with Gasteiger partial charge in [-0.05, 0) is 42.8 Å². The molecule has 0 bridgehead atoms. The predicted octanol–water partition coefficient (Wildman–Crippen LogP) is 2.07. The highest BCUT2D eigenvalue weighted by Crippen LogP contribution is 2.24. The van der Waals surface area contributed by atoms with Crippen LogP contribution in [0.4, 0.5) is 0 Å². The Labute approximate surface area is 150 Å². The molecule has 1 aromatic rings. The van der Waals surface area contributed by atoms with Crippen molar-refractivity contribution in [1.82, 2.24) is 15.5 Å². The van der Waals surface area contributed by atoms with E-state index in [1.165, 1.54) is 11.3 Å². The van der Waals surface area contributed by atoms with E-state index in [1.54, 1.807) is 30.3 Å². The van der Waals surface area contributed by atoms with Gasteiger partial charge in [-0.15, -0.1) is 11.3 Å². The summed E-state index contributed by atoms with van der Waals surface area (Å²) < 4.78 is 0. The number of likely N-dealkylation sites (N-methyl/N-ethyl adjacent to an activating group) is 1. The minimum atomic E-state index is -0.175. The van der Waals surface area contributed by atoms with Crippen molar-refractivity contribution >= 4 is 46.5 Å². The highest BCUT2D eigenvalue weighted by atomic mass is 35.5. The molecule has 2 heterocycles. The molecule has 5 nitrogen and oxygen atoms in total. The number of thioether (sulfide) groups is 1. The van der Waals surface area contributed by atoms with Crippen LogP contribution in [0.3, 0.4) is 0 Å². The van der Waals surface area contributed by atoms with Gasteiger partial charge >= 0.3 is 0 Å². The molecular weight excluding hydrogens is 354 g/mol. The van der Waals surface area contributed by atoms with Gasteiger partial charge in [0.2, 0.25) is 5.91 Å². The number of likely N-dealkylation sites (tertiary alicyclic amines) is 1. The Kier molecular flexibility index (Phi) is 7.20. The number of carbonyl (C=O) groups excluding carboxylic acids is 2. The van der Waals surface area contributed by atoms with Crippen molar-refractivity contribution in [3.8, 4) is 0 Å². The number of hydrogen-bond donors (Lipinski definition) is 2. The maximum Gasteiger partial charge on any atom is 0.263 e. The Morgan fingerprint density at radius 3 is 2.91 bits per heavy atom. The number of halogens is 1. The van der Waals surface area contributed by atoms with Gasteiger partial charge in [0.05, 0.1) is 11.1 Å². The summed E-state index contributed by atoms with van der Waals surface area (Å²) in [6.07, 6.45) is 3.74. The predicted molar refractivity (Wildman–Crippen MR) is 97.6 cm³/mol. The van der Waals surface area contributed by atoms with E-state index in [-0.39, 0.29) is 23.9 Å². The van der Waals surface area contributed by atoms with Crippen LogP contribution in [0.25, 0.3) is 0 Å². The lowest BCUT2D eigenvalue weighted by atomic mass is 10.1. The van der Waals surface area contributed by atoms with Crippen LogP contribution in [0.2, 0.25) is 5.02 Å². The summed E-state index contributed by atoms with van der Waals surface area (Å²) >= 11 is 9.14. The van der Waals surface area contributed by atoms with Gasteiger partial charge in [0, 0.05) is 19.6 Å². The van der Waals surface area contributed by atoms with Crippen LogP contribution in [0.1, 0.15) is 22.5 Å². The van der Waals surface area contributed by atoms with Gasteiger partial charge in [0.15, 0.2) is 0 Å². The van der Waals surface area contributed by atoms with E-state index in [1.807, 2.05) is 0 Å². The molecule has 1 fully saturated rings. The van der Waals surface area contributed by atoms with Gasteiger partial charge in [-0.2, -0.15) is 11.8 Å². The van der Waals surface area contributed by atoms with Crippen molar-refractivity contribution in [3.05, 3.63) is 21.3 Å². The second-order valence-corrected chi connectivity index (χ2v) is 7.78. The SMILES string of the molecule is CNC(=O)[C@@H]1C[C@@H](NC(=O)c2sccc2Cl)CN1CCCSC. The third kappa shape index (κ3) is 4.86. The Morgan fingerprint density at radius 2 is 2.30 bits per heavy atom. The zero-order chi connectivity index (χ0) is 16.8. The lowest BCUT2D eigenvalue weighted by Gasteiger charge is -2.22. The summed E-state index contributed by atoms with van der Waals surface area (Å²) in [5.74, 6) is 0.926.